The second-order valence-corrected chi connectivity index (χ2v) is 7.36. The molecule has 1 amide bonds. The highest BCUT2D eigenvalue weighted by atomic mass is 16.5. The number of hydrogen-bond acceptors (Lipinski definition) is 4. The number of methoxy groups -OCH3 is 1. The van der Waals surface area contributed by atoms with Crippen molar-refractivity contribution in [3.05, 3.63) is 47.5 Å². The molecule has 6 heteroatoms. The molecule has 0 unspecified atom stereocenters. The van der Waals surface area contributed by atoms with E-state index in [1.807, 2.05) is 23.9 Å². The lowest BCUT2D eigenvalue weighted by molar-refractivity contribution is -0.124. The lowest BCUT2D eigenvalue weighted by Crippen LogP contribution is -2.52. The molecule has 0 bridgehead atoms. The van der Waals surface area contributed by atoms with E-state index in [-0.39, 0.29) is 18.0 Å². The highest BCUT2D eigenvalue weighted by molar-refractivity contribution is 5.77. The van der Waals surface area contributed by atoms with Crippen molar-refractivity contribution in [2.24, 2.45) is 7.05 Å². The molecule has 0 saturated carbocycles. The number of carbonyl (C=O) groups is 1. The van der Waals surface area contributed by atoms with E-state index >= 15 is 0 Å². The van der Waals surface area contributed by atoms with Crippen LogP contribution in [0.1, 0.15) is 42.1 Å². The maximum atomic E-state index is 12.0. The minimum absolute atomic E-state index is 0.0320. The fourth-order valence-corrected chi connectivity index (χ4v) is 4.23. The van der Waals surface area contributed by atoms with E-state index in [0.29, 0.717) is 12.5 Å². The zero-order valence-electron chi connectivity index (χ0n) is 15.4. The van der Waals surface area contributed by atoms with Gasteiger partial charge in [0.2, 0.25) is 5.91 Å². The molecule has 1 aromatic carbocycles. The molecular weight excluding hydrogens is 328 g/mol. The predicted molar refractivity (Wildman–Crippen MR) is 99.1 cm³/mol. The molecule has 2 aliphatic rings. The Kier molecular flexibility index (Phi) is 4.68. The second-order valence-electron chi connectivity index (χ2n) is 7.36. The number of imidazole rings is 1. The molecule has 2 N–H and O–H groups in total. The number of nitrogens with zero attached hydrogens (tertiary/aromatic N) is 2. The minimum atomic E-state index is -0.0320. The van der Waals surface area contributed by atoms with Gasteiger partial charge in [0.25, 0.3) is 0 Å². The summed E-state index contributed by atoms with van der Waals surface area (Å²) in [5.74, 6) is 1.04. The molecule has 2 heterocycles. The molecule has 26 heavy (non-hydrogen) atoms. The number of aromatic nitrogens is 2. The van der Waals surface area contributed by atoms with E-state index in [1.165, 1.54) is 11.1 Å². The van der Waals surface area contributed by atoms with Crippen molar-refractivity contribution in [3.63, 3.8) is 0 Å². The Morgan fingerprint density at radius 3 is 2.92 bits per heavy atom. The van der Waals surface area contributed by atoms with Gasteiger partial charge in [-0.3, -0.25) is 4.79 Å². The van der Waals surface area contributed by atoms with Crippen molar-refractivity contribution in [2.75, 3.05) is 7.11 Å². The van der Waals surface area contributed by atoms with Crippen molar-refractivity contribution >= 4 is 5.91 Å². The van der Waals surface area contributed by atoms with Crippen LogP contribution in [0.2, 0.25) is 0 Å². The van der Waals surface area contributed by atoms with Crippen LogP contribution in [-0.2, 0) is 24.7 Å². The molecule has 1 saturated heterocycles. The van der Waals surface area contributed by atoms with Crippen LogP contribution in [0.4, 0.5) is 0 Å². The fraction of sp³-hybridized carbons (Fsp3) is 0.500. The Hall–Kier alpha value is -2.34. The van der Waals surface area contributed by atoms with Gasteiger partial charge in [-0.15, -0.1) is 0 Å². The minimum Gasteiger partial charge on any atom is -0.497 e. The maximum Gasteiger partial charge on any atom is 0.220 e. The quantitative estimate of drug-likeness (QED) is 0.880. The van der Waals surface area contributed by atoms with E-state index in [4.69, 9.17) is 4.74 Å². The van der Waals surface area contributed by atoms with Crippen LogP contribution in [0.3, 0.4) is 0 Å². The first-order valence-electron chi connectivity index (χ1n) is 9.31. The topological polar surface area (TPSA) is 68.2 Å². The van der Waals surface area contributed by atoms with E-state index in [0.717, 1.165) is 37.1 Å². The SMILES string of the molecule is COc1ccc2c(c1)C[C@@H](N[C@@H]1CCC(=O)N[C@H]1c1cncn1C)CC2. The number of hydrogen-bond donors (Lipinski definition) is 2. The van der Waals surface area contributed by atoms with Gasteiger partial charge in [-0.05, 0) is 48.9 Å². The standard InChI is InChI=1S/C20H26N4O2/c1-24-12-21-11-18(24)20-17(7-8-19(25)23-20)22-15-5-3-13-4-6-16(26-2)10-14(13)9-15/h4,6,10-12,15,17,20,22H,3,5,7-9H2,1-2H3,(H,23,25)/t15-,17+,20+/m0/s1. The molecule has 0 radical (unpaired) electrons. The summed E-state index contributed by atoms with van der Waals surface area (Å²) in [5, 5.41) is 6.98. The smallest absolute Gasteiger partial charge is 0.220 e. The summed E-state index contributed by atoms with van der Waals surface area (Å²) >= 11 is 0. The first kappa shape index (κ1) is 17.1. The average molecular weight is 354 g/mol. The van der Waals surface area contributed by atoms with Crippen molar-refractivity contribution < 1.29 is 9.53 Å². The van der Waals surface area contributed by atoms with Crippen LogP contribution in [0.15, 0.2) is 30.7 Å². The third-order valence-corrected chi connectivity index (χ3v) is 5.67. The third kappa shape index (κ3) is 3.33. The molecule has 1 aromatic heterocycles. The fourth-order valence-electron chi connectivity index (χ4n) is 4.23. The summed E-state index contributed by atoms with van der Waals surface area (Å²) in [6.45, 7) is 0. The van der Waals surface area contributed by atoms with Crippen molar-refractivity contribution in [1.82, 2.24) is 20.2 Å². The predicted octanol–water partition coefficient (Wildman–Crippen LogP) is 1.90. The second kappa shape index (κ2) is 7.11. The Bertz CT molecular complexity index is 801. The van der Waals surface area contributed by atoms with E-state index in [9.17, 15) is 4.79 Å². The van der Waals surface area contributed by atoms with Crippen LogP contribution in [-0.4, -0.2) is 34.7 Å². The van der Waals surface area contributed by atoms with Gasteiger partial charge in [0.1, 0.15) is 5.75 Å². The van der Waals surface area contributed by atoms with Gasteiger partial charge < -0.3 is 19.9 Å². The van der Waals surface area contributed by atoms with E-state index < -0.39 is 0 Å². The average Bonchev–Trinajstić information content (AvgIpc) is 3.08. The molecule has 1 fully saturated rings. The lowest BCUT2D eigenvalue weighted by atomic mass is 9.86. The summed E-state index contributed by atoms with van der Waals surface area (Å²) in [6.07, 6.45) is 8.25. The Balaban J connectivity index is 1.50. The number of fused-ring (bicyclic) bond motifs is 1. The molecule has 2 aromatic rings. The molecule has 138 valence electrons. The van der Waals surface area contributed by atoms with Gasteiger partial charge in [0, 0.05) is 25.6 Å². The Morgan fingerprint density at radius 1 is 1.27 bits per heavy atom. The largest absolute Gasteiger partial charge is 0.497 e. The zero-order valence-corrected chi connectivity index (χ0v) is 15.4. The van der Waals surface area contributed by atoms with Crippen molar-refractivity contribution in [1.29, 1.82) is 0 Å². The molecule has 4 rings (SSSR count). The van der Waals surface area contributed by atoms with Crippen LogP contribution < -0.4 is 15.4 Å². The number of rotatable bonds is 4. The summed E-state index contributed by atoms with van der Waals surface area (Å²) in [7, 11) is 3.69. The first-order valence-corrected chi connectivity index (χ1v) is 9.31. The van der Waals surface area contributed by atoms with Crippen LogP contribution in [0.25, 0.3) is 0 Å². The van der Waals surface area contributed by atoms with Gasteiger partial charge in [0.15, 0.2) is 0 Å². The number of nitrogens with one attached hydrogen (secondary N) is 2. The van der Waals surface area contributed by atoms with Crippen molar-refractivity contribution in [3.8, 4) is 5.75 Å². The van der Waals surface area contributed by atoms with Crippen molar-refractivity contribution in [2.45, 2.75) is 50.2 Å². The van der Waals surface area contributed by atoms with Crippen LogP contribution >= 0.6 is 0 Å². The van der Waals surface area contributed by atoms with Crippen LogP contribution in [0, 0.1) is 0 Å². The molecular formula is C20H26N4O2. The molecule has 6 nitrogen and oxygen atoms in total. The highest BCUT2D eigenvalue weighted by Crippen LogP contribution is 2.29. The number of aryl methyl sites for hydroxylation is 2. The van der Waals surface area contributed by atoms with Crippen LogP contribution in [0.5, 0.6) is 5.75 Å². The first-order chi connectivity index (χ1) is 12.6. The Morgan fingerprint density at radius 2 is 2.15 bits per heavy atom. The van der Waals surface area contributed by atoms with Gasteiger partial charge in [0.05, 0.1) is 31.4 Å². The number of amides is 1. The van der Waals surface area contributed by atoms with Gasteiger partial charge in [-0.1, -0.05) is 6.07 Å². The van der Waals surface area contributed by atoms with Gasteiger partial charge >= 0.3 is 0 Å². The lowest BCUT2D eigenvalue weighted by Gasteiger charge is -2.37. The maximum absolute atomic E-state index is 12.0. The monoisotopic (exact) mass is 354 g/mol. The number of piperidine rings is 1. The summed E-state index contributed by atoms with van der Waals surface area (Å²) < 4.78 is 7.37. The zero-order chi connectivity index (χ0) is 18.1. The molecule has 1 aliphatic carbocycles. The van der Waals surface area contributed by atoms with Gasteiger partial charge in [-0.2, -0.15) is 0 Å². The highest BCUT2D eigenvalue weighted by Gasteiger charge is 2.33. The summed E-state index contributed by atoms with van der Waals surface area (Å²) in [6, 6.07) is 6.98. The molecule has 1 aliphatic heterocycles. The normalized spacial score (nSPS) is 25.5. The van der Waals surface area contributed by atoms with E-state index in [1.54, 1.807) is 13.4 Å². The molecule has 0 spiro atoms. The third-order valence-electron chi connectivity index (χ3n) is 5.67. The number of benzene rings is 1. The summed E-state index contributed by atoms with van der Waals surface area (Å²) in [4.78, 5) is 16.2. The Labute approximate surface area is 154 Å². The summed E-state index contributed by atoms with van der Waals surface area (Å²) in [5.41, 5.74) is 3.84. The van der Waals surface area contributed by atoms with E-state index in [2.05, 4.69) is 27.8 Å². The van der Waals surface area contributed by atoms with Gasteiger partial charge in [-0.25, -0.2) is 4.98 Å². The number of ether oxygens (including phenoxy) is 1. The number of carbonyl (C=O) groups excluding carboxylic acids is 1. The molecule has 3 atom stereocenters.